The van der Waals surface area contributed by atoms with Gasteiger partial charge >= 0.3 is 0 Å². The maximum absolute atomic E-state index is 4.48. The van der Waals surface area contributed by atoms with Crippen LogP contribution in [0.1, 0.15) is 42.5 Å². The Balaban J connectivity index is 1.99. The molecular weight excluding hydrogens is 378 g/mol. The summed E-state index contributed by atoms with van der Waals surface area (Å²) in [6.45, 7) is 17.8. The second-order valence-corrected chi connectivity index (χ2v) is 8.66. The van der Waals surface area contributed by atoms with E-state index < -0.39 is 0 Å². The molecule has 5 nitrogen and oxygen atoms in total. The number of hydrogen-bond donors (Lipinski definition) is 3. The van der Waals surface area contributed by atoms with Crippen molar-refractivity contribution in [3.63, 3.8) is 0 Å². The van der Waals surface area contributed by atoms with Gasteiger partial charge in [0.2, 0.25) is 0 Å². The van der Waals surface area contributed by atoms with Crippen LogP contribution in [0.4, 0.5) is 5.82 Å². The number of aryl methyl sites for hydroxylation is 1. The molecular formula is C23H29N5S. The van der Waals surface area contributed by atoms with E-state index in [0.29, 0.717) is 5.92 Å². The van der Waals surface area contributed by atoms with Gasteiger partial charge in [0, 0.05) is 45.2 Å². The fourth-order valence-corrected chi connectivity index (χ4v) is 4.02. The summed E-state index contributed by atoms with van der Waals surface area (Å²) in [5.74, 6) is 1.03. The number of hydrogen-bond acceptors (Lipinski definition) is 6. The number of aromatic nitrogens is 2. The first-order chi connectivity index (χ1) is 13.9. The number of allylic oxidation sites excluding steroid dienone is 3. The van der Waals surface area contributed by atoms with Crippen molar-refractivity contribution in [2.45, 2.75) is 34.1 Å². The van der Waals surface area contributed by atoms with Crippen LogP contribution in [0.2, 0.25) is 0 Å². The van der Waals surface area contributed by atoms with E-state index in [9.17, 15) is 0 Å². The van der Waals surface area contributed by atoms with Crippen molar-refractivity contribution in [2.75, 3.05) is 11.9 Å². The first-order valence-electron chi connectivity index (χ1n) is 9.89. The quantitative estimate of drug-likeness (QED) is 0.554. The van der Waals surface area contributed by atoms with E-state index in [1.807, 2.05) is 0 Å². The van der Waals surface area contributed by atoms with Crippen LogP contribution in [0.25, 0.3) is 11.3 Å². The van der Waals surface area contributed by atoms with E-state index in [-0.39, 0.29) is 0 Å². The fourth-order valence-electron chi connectivity index (χ4n) is 3.11. The minimum absolute atomic E-state index is 0.295. The van der Waals surface area contributed by atoms with Crippen LogP contribution in [-0.4, -0.2) is 16.5 Å². The van der Waals surface area contributed by atoms with Crippen LogP contribution in [0.5, 0.6) is 0 Å². The summed E-state index contributed by atoms with van der Waals surface area (Å²) in [5.41, 5.74) is 5.75. The molecule has 0 bridgehead atoms. The molecule has 3 heterocycles. The minimum atomic E-state index is 0.295. The van der Waals surface area contributed by atoms with Crippen LogP contribution < -0.4 is 16.0 Å². The molecule has 0 amide bonds. The Morgan fingerprint density at radius 2 is 2.10 bits per heavy atom. The van der Waals surface area contributed by atoms with Crippen LogP contribution in [0, 0.1) is 12.8 Å². The lowest BCUT2D eigenvalue weighted by molar-refractivity contribution is 0.695. The van der Waals surface area contributed by atoms with Crippen molar-refractivity contribution in [1.29, 1.82) is 0 Å². The lowest BCUT2D eigenvalue weighted by Crippen LogP contribution is -2.25. The minimum Gasteiger partial charge on any atom is -0.385 e. The van der Waals surface area contributed by atoms with Crippen molar-refractivity contribution >= 4 is 28.4 Å². The van der Waals surface area contributed by atoms with Gasteiger partial charge in [-0.1, -0.05) is 33.9 Å². The fraction of sp³-hybridized carbons (Fsp3) is 0.304. The van der Waals surface area contributed by atoms with E-state index in [4.69, 9.17) is 0 Å². The van der Waals surface area contributed by atoms with E-state index in [1.54, 1.807) is 23.9 Å². The predicted octanol–water partition coefficient (Wildman–Crippen LogP) is 5.30. The smallest absolute Gasteiger partial charge is 0.143 e. The van der Waals surface area contributed by atoms with Crippen molar-refractivity contribution in [2.24, 2.45) is 5.92 Å². The third-order valence-corrected chi connectivity index (χ3v) is 5.69. The highest BCUT2D eigenvalue weighted by atomic mass is 32.1. The zero-order valence-electron chi connectivity index (χ0n) is 17.6. The topological polar surface area (TPSA) is 61.9 Å². The summed E-state index contributed by atoms with van der Waals surface area (Å²) >= 11 is 1.76. The Hall–Kier alpha value is -2.86. The molecule has 0 fully saturated rings. The van der Waals surface area contributed by atoms with Gasteiger partial charge in [-0.2, -0.15) is 0 Å². The predicted molar refractivity (Wildman–Crippen MR) is 124 cm³/mol. The number of dihydropyridines is 1. The summed E-state index contributed by atoms with van der Waals surface area (Å²) in [5, 5.41) is 10.4. The molecule has 0 unspecified atom stereocenters. The largest absolute Gasteiger partial charge is 0.385 e. The number of anilines is 1. The number of rotatable bonds is 8. The molecule has 29 heavy (non-hydrogen) atoms. The van der Waals surface area contributed by atoms with Gasteiger partial charge in [0.25, 0.3) is 0 Å². The third-order valence-electron chi connectivity index (χ3n) is 4.65. The molecule has 0 atom stereocenters. The summed E-state index contributed by atoms with van der Waals surface area (Å²) < 4.78 is 0. The van der Waals surface area contributed by atoms with Crippen LogP contribution in [-0.2, 0) is 0 Å². The van der Waals surface area contributed by atoms with E-state index in [0.717, 1.165) is 52.7 Å². The zero-order chi connectivity index (χ0) is 21.0. The molecule has 0 aliphatic carbocycles. The van der Waals surface area contributed by atoms with Gasteiger partial charge in [-0.25, -0.2) is 9.97 Å². The maximum Gasteiger partial charge on any atom is 0.143 e. The molecule has 0 aromatic carbocycles. The third kappa shape index (κ3) is 4.77. The average molecular weight is 408 g/mol. The molecule has 0 saturated carbocycles. The molecule has 2 aromatic rings. The normalized spacial score (nSPS) is 14.0. The number of nitrogens with zero attached hydrogens (tertiary/aromatic N) is 2. The summed E-state index contributed by atoms with van der Waals surface area (Å²) in [4.78, 5) is 11.1. The zero-order valence-corrected chi connectivity index (χ0v) is 18.4. The Morgan fingerprint density at radius 3 is 2.76 bits per heavy atom. The van der Waals surface area contributed by atoms with Crippen LogP contribution in [0.15, 0.2) is 61.0 Å². The van der Waals surface area contributed by atoms with Gasteiger partial charge in [0.15, 0.2) is 0 Å². The molecule has 2 aromatic heterocycles. The standard InChI is InChI=1S/C23H29N5S/c1-7-10-25-16(5)19-12-24-13-26-23(19)28-20-11-18(21-9-8-15(4)29-21)17(6)27-22(20)14(2)3/h8-9,11-14,25,27H,5-7,10H2,1-4H3,(H,24,26,28). The molecule has 0 saturated heterocycles. The highest BCUT2D eigenvalue weighted by Crippen LogP contribution is 2.34. The second kappa shape index (κ2) is 9.09. The first-order valence-corrected chi connectivity index (χ1v) is 10.7. The van der Waals surface area contributed by atoms with E-state index in [1.165, 1.54) is 9.75 Å². The lowest BCUT2D eigenvalue weighted by Gasteiger charge is -2.27. The van der Waals surface area contributed by atoms with Crippen molar-refractivity contribution in [3.8, 4) is 0 Å². The van der Waals surface area contributed by atoms with Gasteiger partial charge in [-0.15, -0.1) is 11.3 Å². The van der Waals surface area contributed by atoms with Crippen molar-refractivity contribution < 1.29 is 0 Å². The summed E-state index contributed by atoms with van der Waals surface area (Å²) in [6, 6.07) is 4.28. The molecule has 152 valence electrons. The maximum atomic E-state index is 4.48. The first kappa shape index (κ1) is 20.9. The highest BCUT2D eigenvalue weighted by Gasteiger charge is 2.21. The van der Waals surface area contributed by atoms with Crippen molar-refractivity contribution in [1.82, 2.24) is 20.6 Å². The molecule has 3 rings (SSSR count). The second-order valence-electron chi connectivity index (χ2n) is 7.37. The van der Waals surface area contributed by atoms with Gasteiger partial charge < -0.3 is 16.0 Å². The average Bonchev–Trinajstić information content (AvgIpc) is 3.13. The molecule has 1 aliphatic rings. The lowest BCUT2D eigenvalue weighted by atomic mass is 9.99. The Morgan fingerprint density at radius 1 is 1.31 bits per heavy atom. The number of nitrogens with one attached hydrogen (secondary N) is 3. The van der Waals surface area contributed by atoms with Crippen LogP contribution in [0.3, 0.4) is 0 Å². The van der Waals surface area contributed by atoms with Gasteiger partial charge in [-0.3, -0.25) is 0 Å². The molecule has 0 radical (unpaired) electrons. The molecule has 1 aliphatic heterocycles. The van der Waals surface area contributed by atoms with E-state index >= 15 is 0 Å². The Kier molecular flexibility index (Phi) is 6.54. The SMILES string of the molecule is C=C1NC(C(C)C)=C(Nc2ncncc2C(=C)NCCC)C=C1c1ccc(C)s1. The van der Waals surface area contributed by atoms with Crippen LogP contribution >= 0.6 is 11.3 Å². The van der Waals surface area contributed by atoms with Gasteiger partial charge in [0.1, 0.15) is 12.1 Å². The van der Waals surface area contributed by atoms with Gasteiger partial charge in [-0.05, 0) is 37.5 Å². The number of thiophene rings is 1. The summed E-state index contributed by atoms with van der Waals surface area (Å²) in [6.07, 6.45) is 6.53. The summed E-state index contributed by atoms with van der Waals surface area (Å²) in [7, 11) is 0. The Bertz CT molecular complexity index is 981. The highest BCUT2D eigenvalue weighted by molar-refractivity contribution is 7.13. The molecule has 0 spiro atoms. The van der Waals surface area contributed by atoms with Gasteiger partial charge in [0.05, 0.1) is 11.3 Å². The monoisotopic (exact) mass is 407 g/mol. The Labute approximate surface area is 177 Å². The van der Waals surface area contributed by atoms with E-state index in [2.05, 4.69) is 85.0 Å². The molecule has 3 N–H and O–H groups in total. The van der Waals surface area contributed by atoms with Crippen molar-refractivity contribution in [3.05, 3.63) is 76.3 Å². The molecule has 6 heteroatoms.